The fourth-order valence-corrected chi connectivity index (χ4v) is 5.44. The number of urea groups is 1. The van der Waals surface area contributed by atoms with E-state index in [1.165, 1.54) is 67.4 Å². The molecule has 5 heteroatoms. The molecular formula is C20H29N3OS. The zero-order valence-corrected chi connectivity index (χ0v) is 16.0. The number of fused-ring (bicyclic) bond motifs is 2. The normalized spacial score (nSPS) is 22.0. The molecule has 3 aliphatic rings. The van der Waals surface area contributed by atoms with Gasteiger partial charge in [0.1, 0.15) is 0 Å². The number of anilines is 1. The second-order valence-electron chi connectivity index (χ2n) is 7.65. The molecule has 1 atom stereocenters. The standard InChI is InChI=1S/C20H29N3OS/c1-2-23-10-9-14(12-23)13-25-22-20(24)21-19-17-7-3-5-15(17)11-16-6-4-8-18(16)19/h11,14H,2-10,12-13H2,1H3,(H2,21,22,24). The van der Waals surface area contributed by atoms with Crippen molar-refractivity contribution < 1.29 is 4.79 Å². The molecule has 25 heavy (non-hydrogen) atoms. The fraction of sp³-hybridized carbons (Fsp3) is 0.650. The van der Waals surface area contributed by atoms with Gasteiger partial charge in [0.2, 0.25) is 0 Å². The molecule has 4 rings (SSSR count). The first-order chi connectivity index (χ1) is 12.2. The SMILES string of the molecule is CCN1CCC(CSNC(=O)Nc2c3c(cc4c2CCC4)CCC3)C1. The average molecular weight is 360 g/mol. The van der Waals surface area contributed by atoms with Crippen molar-refractivity contribution >= 4 is 23.7 Å². The van der Waals surface area contributed by atoms with Gasteiger partial charge in [-0.1, -0.05) is 13.0 Å². The fourth-order valence-electron chi connectivity index (χ4n) is 4.67. The molecule has 1 aromatic carbocycles. The second-order valence-corrected chi connectivity index (χ2v) is 8.48. The Labute approximate surface area is 155 Å². The summed E-state index contributed by atoms with van der Waals surface area (Å²) in [6.07, 6.45) is 8.26. The molecule has 2 amide bonds. The third-order valence-corrected chi connectivity index (χ3v) is 6.98. The molecular weight excluding hydrogens is 330 g/mol. The second kappa shape index (κ2) is 7.58. The molecule has 2 N–H and O–H groups in total. The minimum absolute atomic E-state index is 0.0512. The van der Waals surface area contributed by atoms with E-state index in [1.54, 1.807) is 11.9 Å². The molecule has 0 saturated carbocycles. The Bertz CT molecular complexity index is 629. The van der Waals surface area contributed by atoms with Crippen LogP contribution >= 0.6 is 11.9 Å². The Morgan fingerprint density at radius 3 is 2.56 bits per heavy atom. The van der Waals surface area contributed by atoms with Gasteiger partial charge in [-0.05, 0) is 98.2 Å². The van der Waals surface area contributed by atoms with E-state index in [4.69, 9.17) is 0 Å². The summed E-state index contributed by atoms with van der Waals surface area (Å²) in [6, 6.07) is 2.35. The molecule has 1 aliphatic heterocycles. The van der Waals surface area contributed by atoms with Crippen molar-refractivity contribution in [2.45, 2.75) is 51.9 Å². The Morgan fingerprint density at radius 1 is 1.20 bits per heavy atom. The van der Waals surface area contributed by atoms with Crippen LogP contribution in [0.3, 0.4) is 0 Å². The number of aryl methyl sites for hydroxylation is 2. The van der Waals surface area contributed by atoms with E-state index in [0.717, 1.165) is 30.8 Å². The molecule has 2 aliphatic carbocycles. The highest BCUT2D eigenvalue weighted by Crippen LogP contribution is 2.38. The van der Waals surface area contributed by atoms with Crippen LogP contribution in [0.1, 0.15) is 48.4 Å². The van der Waals surface area contributed by atoms with Crippen LogP contribution in [-0.4, -0.2) is 36.3 Å². The van der Waals surface area contributed by atoms with Crippen molar-refractivity contribution in [3.63, 3.8) is 0 Å². The van der Waals surface area contributed by atoms with E-state index in [-0.39, 0.29) is 6.03 Å². The zero-order chi connectivity index (χ0) is 17.2. The predicted octanol–water partition coefficient (Wildman–Crippen LogP) is 3.78. The quantitative estimate of drug-likeness (QED) is 0.787. The van der Waals surface area contributed by atoms with Crippen molar-refractivity contribution in [1.82, 2.24) is 9.62 Å². The molecule has 0 aromatic heterocycles. The van der Waals surface area contributed by atoms with Crippen LogP contribution in [0.25, 0.3) is 0 Å². The van der Waals surface area contributed by atoms with E-state index in [1.807, 2.05) is 0 Å². The molecule has 0 radical (unpaired) electrons. The Kier molecular flexibility index (Phi) is 5.23. The lowest BCUT2D eigenvalue weighted by Crippen LogP contribution is -2.26. The lowest BCUT2D eigenvalue weighted by molar-refractivity contribution is 0.257. The van der Waals surface area contributed by atoms with Crippen LogP contribution in [0.2, 0.25) is 0 Å². The minimum atomic E-state index is -0.0512. The van der Waals surface area contributed by atoms with Crippen LogP contribution in [0.4, 0.5) is 10.5 Å². The van der Waals surface area contributed by atoms with Gasteiger partial charge in [0.05, 0.1) is 0 Å². The summed E-state index contributed by atoms with van der Waals surface area (Å²) in [5, 5.41) is 3.21. The average Bonchev–Trinajstić information content (AvgIpc) is 3.34. The van der Waals surface area contributed by atoms with Gasteiger partial charge in [0.25, 0.3) is 0 Å². The van der Waals surface area contributed by atoms with Crippen molar-refractivity contribution in [3.05, 3.63) is 28.3 Å². The van der Waals surface area contributed by atoms with Crippen LogP contribution in [0.15, 0.2) is 6.07 Å². The van der Waals surface area contributed by atoms with E-state index < -0.39 is 0 Å². The number of likely N-dealkylation sites (tertiary alicyclic amines) is 1. The number of hydrogen-bond acceptors (Lipinski definition) is 3. The molecule has 136 valence electrons. The van der Waals surface area contributed by atoms with Gasteiger partial charge < -0.3 is 10.2 Å². The third kappa shape index (κ3) is 3.68. The molecule has 0 bridgehead atoms. The number of benzene rings is 1. The topological polar surface area (TPSA) is 44.4 Å². The van der Waals surface area contributed by atoms with E-state index in [2.05, 4.69) is 27.9 Å². The number of carbonyl (C=O) groups excluding carboxylic acids is 1. The molecule has 0 spiro atoms. The molecule has 1 saturated heterocycles. The Balaban J connectivity index is 1.34. The van der Waals surface area contributed by atoms with Crippen LogP contribution in [0.5, 0.6) is 0 Å². The lowest BCUT2D eigenvalue weighted by Gasteiger charge is -2.17. The summed E-state index contributed by atoms with van der Waals surface area (Å²) in [4.78, 5) is 14.9. The first-order valence-corrected chi connectivity index (χ1v) is 10.8. The number of nitrogens with one attached hydrogen (secondary N) is 2. The molecule has 1 fully saturated rings. The minimum Gasteiger partial charge on any atom is -0.307 e. The van der Waals surface area contributed by atoms with Gasteiger partial charge >= 0.3 is 6.03 Å². The van der Waals surface area contributed by atoms with E-state index >= 15 is 0 Å². The van der Waals surface area contributed by atoms with Gasteiger partial charge in [0.15, 0.2) is 0 Å². The van der Waals surface area contributed by atoms with Crippen molar-refractivity contribution in [2.75, 3.05) is 30.7 Å². The number of hydrogen-bond donors (Lipinski definition) is 2. The number of carbonyl (C=O) groups is 1. The highest BCUT2D eigenvalue weighted by Gasteiger charge is 2.25. The summed E-state index contributed by atoms with van der Waals surface area (Å²) in [6.45, 7) is 5.74. The Morgan fingerprint density at radius 2 is 1.92 bits per heavy atom. The number of nitrogens with zero attached hydrogens (tertiary/aromatic N) is 1. The molecule has 1 aromatic rings. The summed E-state index contributed by atoms with van der Waals surface area (Å²) in [7, 11) is 0. The largest absolute Gasteiger partial charge is 0.329 e. The van der Waals surface area contributed by atoms with Crippen molar-refractivity contribution in [2.24, 2.45) is 5.92 Å². The van der Waals surface area contributed by atoms with E-state index in [0.29, 0.717) is 5.92 Å². The number of amides is 2. The number of rotatable bonds is 5. The van der Waals surface area contributed by atoms with Gasteiger partial charge in [-0.15, -0.1) is 0 Å². The van der Waals surface area contributed by atoms with Crippen molar-refractivity contribution in [1.29, 1.82) is 0 Å². The highest BCUT2D eigenvalue weighted by atomic mass is 32.2. The van der Waals surface area contributed by atoms with Gasteiger partial charge in [0, 0.05) is 18.0 Å². The first kappa shape index (κ1) is 17.2. The maximum Gasteiger partial charge on any atom is 0.329 e. The van der Waals surface area contributed by atoms with Gasteiger partial charge in [-0.2, -0.15) is 0 Å². The van der Waals surface area contributed by atoms with Gasteiger partial charge in [-0.3, -0.25) is 4.72 Å². The first-order valence-electron chi connectivity index (χ1n) is 9.82. The summed E-state index contributed by atoms with van der Waals surface area (Å²) < 4.78 is 3.02. The third-order valence-electron chi connectivity index (χ3n) is 6.01. The van der Waals surface area contributed by atoms with Crippen molar-refractivity contribution in [3.8, 4) is 0 Å². The van der Waals surface area contributed by atoms with Crippen LogP contribution in [-0.2, 0) is 25.7 Å². The highest BCUT2D eigenvalue weighted by molar-refractivity contribution is 7.97. The van der Waals surface area contributed by atoms with E-state index in [9.17, 15) is 4.79 Å². The van der Waals surface area contributed by atoms with Crippen LogP contribution in [0, 0.1) is 5.92 Å². The summed E-state index contributed by atoms with van der Waals surface area (Å²) in [5.41, 5.74) is 6.87. The molecule has 1 heterocycles. The van der Waals surface area contributed by atoms with Gasteiger partial charge in [-0.25, -0.2) is 4.79 Å². The summed E-state index contributed by atoms with van der Waals surface area (Å²) >= 11 is 1.57. The monoisotopic (exact) mass is 359 g/mol. The molecule has 1 unspecified atom stereocenters. The lowest BCUT2D eigenvalue weighted by atomic mass is 9.99. The Hall–Kier alpha value is -1.20. The molecule has 4 nitrogen and oxygen atoms in total. The zero-order valence-electron chi connectivity index (χ0n) is 15.2. The smallest absolute Gasteiger partial charge is 0.307 e. The predicted molar refractivity (Wildman–Crippen MR) is 105 cm³/mol. The summed E-state index contributed by atoms with van der Waals surface area (Å²) in [5.74, 6) is 1.71. The maximum absolute atomic E-state index is 12.5. The van der Waals surface area contributed by atoms with Crippen LogP contribution < -0.4 is 10.0 Å². The maximum atomic E-state index is 12.5.